The third kappa shape index (κ3) is 2.43. The molecular weight excluding hydrogens is 224 g/mol. The van der Waals surface area contributed by atoms with Crippen LogP contribution in [0.3, 0.4) is 0 Å². The zero-order valence-corrected chi connectivity index (χ0v) is 11.7. The minimum Gasteiger partial charge on any atom is -0.373 e. The zero-order valence-electron chi connectivity index (χ0n) is 11.7. The maximum atomic E-state index is 6.16. The fraction of sp³-hybridized carbons (Fsp3) is 0.667. The summed E-state index contributed by atoms with van der Waals surface area (Å²) >= 11 is 0. The zero-order chi connectivity index (χ0) is 13.0. The Kier molecular flexibility index (Phi) is 4.36. The van der Waals surface area contributed by atoms with Gasteiger partial charge in [0.25, 0.3) is 0 Å². The van der Waals surface area contributed by atoms with Crippen molar-refractivity contribution in [3.63, 3.8) is 0 Å². The van der Waals surface area contributed by atoms with Gasteiger partial charge in [0.1, 0.15) is 0 Å². The highest BCUT2D eigenvalue weighted by atomic mass is 16.5. The van der Waals surface area contributed by atoms with Crippen LogP contribution in [-0.2, 0) is 4.74 Å². The molecule has 0 saturated heterocycles. The lowest BCUT2D eigenvalue weighted by atomic mass is 9.85. The number of ether oxygens (including phenoxy) is 1. The molecule has 1 N–H and O–H groups in total. The summed E-state index contributed by atoms with van der Waals surface area (Å²) in [6.07, 6.45) is 8.64. The van der Waals surface area contributed by atoms with Crippen molar-refractivity contribution in [2.45, 2.75) is 51.2 Å². The highest BCUT2D eigenvalue weighted by Gasteiger charge is 2.42. The lowest BCUT2D eigenvalue weighted by molar-refractivity contribution is -0.0612. The van der Waals surface area contributed by atoms with E-state index in [2.05, 4.69) is 30.2 Å². The molecule has 1 unspecified atom stereocenters. The number of rotatable bonds is 5. The monoisotopic (exact) mass is 248 g/mol. The first-order valence-corrected chi connectivity index (χ1v) is 6.95. The molecule has 0 aromatic carbocycles. The van der Waals surface area contributed by atoms with Crippen molar-refractivity contribution in [2.75, 3.05) is 13.7 Å². The van der Waals surface area contributed by atoms with Crippen LogP contribution < -0.4 is 5.32 Å². The molecule has 1 heterocycles. The SMILES string of the molecule is CCOC1(C(NC)c2cnccc2C)CCCC1. The molecule has 0 bridgehead atoms. The molecular formula is C15H24N2O. The van der Waals surface area contributed by atoms with Gasteiger partial charge in [0.15, 0.2) is 0 Å². The Morgan fingerprint density at radius 2 is 2.17 bits per heavy atom. The van der Waals surface area contributed by atoms with E-state index < -0.39 is 0 Å². The van der Waals surface area contributed by atoms with Crippen molar-refractivity contribution >= 4 is 0 Å². The Labute approximate surface area is 110 Å². The summed E-state index contributed by atoms with van der Waals surface area (Å²) in [5.41, 5.74) is 2.52. The molecule has 1 aliphatic carbocycles. The molecule has 100 valence electrons. The van der Waals surface area contributed by atoms with E-state index in [9.17, 15) is 0 Å². The quantitative estimate of drug-likeness (QED) is 0.869. The number of likely N-dealkylation sites (N-methyl/N-ethyl adjacent to an activating group) is 1. The van der Waals surface area contributed by atoms with E-state index in [1.54, 1.807) is 0 Å². The first-order valence-electron chi connectivity index (χ1n) is 6.95. The lowest BCUT2D eigenvalue weighted by Crippen LogP contribution is -2.43. The molecule has 0 spiro atoms. The van der Waals surface area contributed by atoms with Crippen molar-refractivity contribution in [3.8, 4) is 0 Å². The predicted molar refractivity (Wildman–Crippen MR) is 73.6 cm³/mol. The highest BCUT2D eigenvalue weighted by Crippen LogP contribution is 2.43. The number of nitrogens with one attached hydrogen (secondary N) is 1. The van der Waals surface area contributed by atoms with Crippen molar-refractivity contribution in [1.82, 2.24) is 10.3 Å². The number of pyridine rings is 1. The normalized spacial score (nSPS) is 19.9. The van der Waals surface area contributed by atoms with Crippen LogP contribution in [0.25, 0.3) is 0 Å². The summed E-state index contributed by atoms with van der Waals surface area (Å²) in [5.74, 6) is 0. The van der Waals surface area contributed by atoms with Gasteiger partial charge in [-0.25, -0.2) is 0 Å². The molecule has 1 fully saturated rings. The van der Waals surface area contributed by atoms with Gasteiger partial charge in [-0.1, -0.05) is 12.8 Å². The Balaban J connectivity index is 2.34. The van der Waals surface area contributed by atoms with E-state index >= 15 is 0 Å². The van der Waals surface area contributed by atoms with E-state index in [-0.39, 0.29) is 11.6 Å². The largest absolute Gasteiger partial charge is 0.373 e. The fourth-order valence-electron chi connectivity index (χ4n) is 3.26. The lowest BCUT2D eigenvalue weighted by Gasteiger charge is -2.38. The molecule has 0 amide bonds. The minimum absolute atomic E-state index is 0.0444. The molecule has 3 heteroatoms. The highest BCUT2D eigenvalue weighted by molar-refractivity contribution is 5.28. The minimum atomic E-state index is -0.0444. The number of aryl methyl sites for hydroxylation is 1. The van der Waals surface area contributed by atoms with Gasteiger partial charge in [-0.3, -0.25) is 4.98 Å². The molecule has 1 aliphatic rings. The summed E-state index contributed by atoms with van der Waals surface area (Å²) in [5, 5.41) is 3.46. The van der Waals surface area contributed by atoms with Crippen LogP contribution in [0, 0.1) is 6.92 Å². The fourth-order valence-corrected chi connectivity index (χ4v) is 3.26. The van der Waals surface area contributed by atoms with Gasteiger partial charge in [0.2, 0.25) is 0 Å². The molecule has 1 atom stereocenters. The van der Waals surface area contributed by atoms with Crippen molar-refractivity contribution in [1.29, 1.82) is 0 Å². The second-order valence-corrected chi connectivity index (χ2v) is 5.16. The van der Waals surface area contributed by atoms with E-state index in [4.69, 9.17) is 4.74 Å². The average Bonchev–Trinajstić information content (AvgIpc) is 2.82. The van der Waals surface area contributed by atoms with Gasteiger partial charge in [-0.15, -0.1) is 0 Å². The number of hydrogen-bond donors (Lipinski definition) is 1. The smallest absolute Gasteiger partial charge is 0.0876 e. The second-order valence-electron chi connectivity index (χ2n) is 5.16. The van der Waals surface area contributed by atoms with E-state index in [0.717, 1.165) is 19.4 Å². The van der Waals surface area contributed by atoms with E-state index in [1.165, 1.54) is 24.0 Å². The van der Waals surface area contributed by atoms with Crippen LogP contribution in [0.15, 0.2) is 18.5 Å². The van der Waals surface area contributed by atoms with Crippen molar-refractivity contribution < 1.29 is 4.74 Å². The number of nitrogens with zero attached hydrogens (tertiary/aromatic N) is 1. The summed E-state index contributed by atoms with van der Waals surface area (Å²) in [6, 6.07) is 2.32. The molecule has 2 rings (SSSR count). The van der Waals surface area contributed by atoms with Crippen molar-refractivity contribution in [2.24, 2.45) is 0 Å². The molecule has 1 saturated carbocycles. The van der Waals surface area contributed by atoms with Crippen LogP contribution in [0.5, 0.6) is 0 Å². The van der Waals surface area contributed by atoms with Gasteiger partial charge >= 0.3 is 0 Å². The number of aromatic nitrogens is 1. The van der Waals surface area contributed by atoms with E-state index in [0.29, 0.717) is 0 Å². The van der Waals surface area contributed by atoms with Gasteiger partial charge in [-0.05, 0) is 50.9 Å². The number of hydrogen-bond acceptors (Lipinski definition) is 3. The second kappa shape index (κ2) is 5.81. The maximum absolute atomic E-state index is 6.16. The first kappa shape index (κ1) is 13.5. The van der Waals surface area contributed by atoms with E-state index in [1.807, 2.05) is 19.4 Å². The van der Waals surface area contributed by atoms with Crippen LogP contribution in [0.4, 0.5) is 0 Å². The third-order valence-corrected chi connectivity index (χ3v) is 4.09. The maximum Gasteiger partial charge on any atom is 0.0876 e. The molecule has 1 aromatic rings. The molecule has 0 aliphatic heterocycles. The molecule has 0 radical (unpaired) electrons. The summed E-state index contributed by atoms with van der Waals surface area (Å²) in [7, 11) is 2.02. The summed E-state index contributed by atoms with van der Waals surface area (Å²) in [4.78, 5) is 4.28. The van der Waals surface area contributed by atoms with Gasteiger partial charge in [0.05, 0.1) is 11.6 Å². The van der Waals surface area contributed by atoms with Crippen molar-refractivity contribution in [3.05, 3.63) is 29.6 Å². The van der Waals surface area contributed by atoms with Crippen LogP contribution in [-0.4, -0.2) is 24.2 Å². The van der Waals surface area contributed by atoms with Crippen LogP contribution >= 0.6 is 0 Å². The molecule has 1 aromatic heterocycles. The third-order valence-electron chi connectivity index (χ3n) is 4.09. The summed E-state index contributed by atoms with van der Waals surface area (Å²) in [6.45, 7) is 5.01. The Morgan fingerprint density at radius 3 is 2.72 bits per heavy atom. The van der Waals surface area contributed by atoms with Gasteiger partial charge in [0, 0.05) is 19.0 Å². The Bertz CT molecular complexity index is 386. The molecule has 18 heavy (non-hydrogen) atoms. The Morgan fingerprint density at radius 1 is 1.44 bits per heavy atom. The topological polar surface area (TPSA) is 34.1 Å². The standard InChI is InChI=1S/C15H24N2O/c1-4-18-15(8-5-6-9-15)14(16-3)13-11-17-10-7-12(13)2/h7,10-11,14,16H,4-6,8-9H2,1-3H3. The van der Waals surface area contributed by atoms with Gasteiger partial charge < -0.3 is 10.1 Å². The average molecular weight is 248 g/mol. The predicted octanol–water partition coefficient (Wildman–Crippen LogP) is 3.00. The Hall–Kier alpha value is -0.930. The van der Waals surface area contributed by atoms with Crippen LogP contribution in [0.2, 0.25) is 0 Å². The van der Waals surface area contributed by atoms with Crippen LogP contribution in [0.1, 0.15) is 49.8 Å². The van der Waals surface area contributed by atoms with Gasteiger partial charge in [-0.2, -0.15) is 0 Å². The summed E-state index contributed by atoms with van der Waals surface area (Å²) < 4.78 is 6.16. The molecule has 3 nitrogen and oxygen atoms in total. The first-order chi connectivity index (χ1) is 8.73.